The average Bonchev–Trinajstić information content (AvgIpc) is 2.72. The largest absolute Gasteiger partial charge is 0.468 e. The number of allylic oxidation sites excluding steroid dienone is 1. The zero-order valence-corrected chi connectivity index (χ0v) is 16.6. The molecule has 1 unspecified atom stereocenters. The molecular weight excluding hydrogens is 396 g/mol. The van der Waals surface area contributed by atoms with E-state index in [2.05, 4.69) is 11.4 Å². The first-order valence-corrected chi connectivity index (χ1v) is 9.86. The normalized spacial score (nSPS) is 19.0. The van der Waals surface area contributed by atoms with Crippen molar-refractivity contribution in [1.29, 1.82) is 5.26 Å². The molecule has 0 saturated heterocycles. The fourth-order valence-corrected chi connectivity index (χ4v) is 4.21. The summed E-state index contributed by atoms with van der Waals surface area (Å²) in [6.45, 7) is 0. The predicted molar refractivity (Wildman–Crippen MR) is 108 cm³/mol. The second-order valence-corrected chi connectivity index (χ2v) is 7.57. The molecule has 0 spiro atoms. The first-order chi connectivity index (χ1) is 13.5. The zero-order valence-electron chi connectivity index (χ0n) is 15.0. The van der Waals surface area contributed by atoms with E-state index in [0.717, 1.165) is 5.56 Å². The number of hydrogen-bond donors (Lipinski definition) is 1. The Labute approximate surface area is 172 Å². The molecule has 0 fully saturated rings. The highest BCUT2D eigenvalue weighted by Crippen LogP contribution is 2.41. The number of nitriles is 1. The van der Waals surface area contributed by atoms with Crippen LogP contribution in [0.2, 0.25) is 5.02 Å². The van der Waals surface area contributed by atoms with Crippen molar-refractivity contribution in [1.82, 2.24) is 5.32 Å². The van der Waals surface area contributed by atoms with E-state index in [1.165, 1.54) is 18.9 Å². The maximum absolute atomic E-state index is 12.7. The molecule has 0 aliphatic carbocycles. The minimum absolute atomic E-state index is 0.332. The van der Waals surface area contributed by atoms with Gasteiger partial charge < -0.3 is 10.1 Å². The molecule has 28 heavy (non-hydrogen) atoms. The van der Waals surface area contributed by atoms with Gasteiger partial charge in [0.25, 0.3) is 0 Å². The number of thioether (sulfide) groups is 1. The molecule has 2 aromatic rings. The van der Waals surface area contributed by atoms with Crippen molar-refractivity contribution in [3.63, 3.8) is 0 Å². The Bertz CT molecular complexity index is 952. The van der Waals surface area contributed by atoms with Gasteiger partial charge in [-0.3, -0.25) is 9.59 Å². The lowest BCUT2D eigenvalue weighted by molar-refractivity contribution is -0.150. The van der Waals surface area contributed by atoms with Gasteiger partial charge in [0, 0.05) is 16.7 Å². The van der Waals surface area contributed by atoms with Gasteiger partial charge in [-0.05, 0) is 23.3 Å². The topological polar surface area (TPSA) is 79.2 Å². The fraction of sp³-hybridized carbons (Fsp3) is 0.190. The van der Waals surface area contributed by atoms with Crippen LogP contribution in [0.4, 0.5) is 0 Å². The van der Waals surface area contributed by atoms with E-state index in [1.54, 1.807) is 24.3 Å². The van der Waals surface area contributed by atoms with Crippen molar-refractivity contribution in [2.24, 2.45) is 5.92 Å². The molecule has 1 aliphatic heterocycles. The van der Waals surface area contributed by atoms with Crippen LogP contribution in [0.5, 0.6) is 0 Å². The van der Waals surface area contributed by atoms with E-state index < -0.39 is 23.7 Å². The van der Waals surface area contributed by atoms with Crippen LogP contribution in [0.3, 0.4) is 0 Å². The number of carbonyl (C=O) groups excluding carboxylic acids is 2. The van der Waals surface area contributed by atoms with Gasteiger partial charge in [0.2, 0.25) is 5.91 Å². The predicted octanol–water partition coefficient (Wildman–Crippen LogP) is 4.01. The van der Waals surface area contributed by atoms with Crippen molar-refractivity contribution in [3.8, 4) is 6.07 Å². The van der Waals surface area contributed by atoms with E-state index in [0.29, 0.717) is 26.9 Å². The smallest absolute Gasteiger partial charge is 0.319 e. The van der Waals surface area contributed by atoms with E-state index in [9.17, 15) is 14.9 Å². The highest BCUT2D eigenvalue weighted by molar-refractivity contribution is 8.02. The van der Waals surface area contributed by atoms with E-state index in [4.69, 9.17) is 16.3 Å². The van der Waals surface area contributed by atoms with Crippen LogP contribution >= 0.6 is 23.4 Å². The molecule has 1 aliphatic rings. The number of methoxy groups -OCH3 is 1. The highest BCUT2D eigenvalue weighted by Gasteiger charge is 2.44. The third-order valence-corrected chi connectivity index (χ3v) is 5.78. The number of hydrogen-bond acceptors (Lipinski definition) is 5. The highest BCUT2D eigenvalue weighted by atomic mass is 35.5. The molecule has 7 heteroatoms. The minimum Gasteiger partial charge on any atom is -0.468 e. The number of benzene rings is 2. The first kappa shape index (κ1) is 20.0. The summed E-state index contributed by atoms with van der Waals surface area (Å²) in [6, 6.07) is 18.7. The van der Waals surface area contributed by atoms with Crippen molar-refractivity contribution >= 4 is 35.2 Å². The summed E-state index contributed by atoms with van der Waals surface area (Å²) in [6.07, 6.45) is 0. The zero-order chi connectivity index (χ0) is 20.1. The molecule has 3 rings (SSSR count). The van der Waals surface area contributed by atoms with Gasteiger partial charge in [0.05, 0.1) is 23.8 Å². The third kappa shape index (κ3) is 4.22. The van der Waals surface area contributed by atoms with E-state index in [-0.39, 0.29) is 0 Å². The molecule has 0 saturated carbocycles. The maximum Gasteiger partial charge on any atom is 0.319 e. The Morgan fingerprint density at radius 2 is 1.89 bits per heavy atom. The lowest BCUT2D eigenvalue weighted by atomic mass is 9.78. The quantitative estimate of drug-likeness (QED) is 0.592. The van der Waals surface area contributed by atoms with Gasteiger partial charge >= 0.3 is 5.97 Å². The molecule has 1 heterocycles. The summed E-state index contributed by atoms with van der Waals surface area (Å²) < 4.78 is 4.83. The summed E-state index contributed by atoms with van der Waals surface area (Å²) in [7, 11) is 1.23. The first-order valence-electron chi connectivity index (χ1n) is 8.50. The Morgan fingerprint density at radius 3 is 2.50 bits per heavy atom. The Balaban J connectivity index is 2.02. The van der Waals surface area contributed by atoms with Crippen molar-refractivity contribution < 1.29 is 14.3 Å². The van der Waals surface area contributed by atoms with Crippen molar-refractivity contribution in [3.05, 3.63) is 81.3 Å². The minimum atomic E-state index is -1.14. The van der Waals surface area contributed by atoms with Crippen LogP contribution in [-0.4, -0.2) is 19.0 Å². The lowest BCUT2D eigenvalue weighted by Gasteiger charge is -2.31. The van der Waals surface area contributed by atoms with Crippen LogP contribution in [-0.2, 0) is 20.1 Å². The van der Waals surface area contributed by atoms with Crippen LogP contribution in [0, 0.1) is 17.2 Å². The van der Waals surface area contributed by atoms with Crippen LogP contribution in [0.25, 0.3) is 0 Å². The number of carbonyl (C=O) groups is 2. The monoisotopic (exact) mass is 412 g/mol. The maximum atomic E-state index is 12.7. The van der Waals surface area contributed by atoms with E-state index in [1.807, 2.05) is 30.3 Å². The summed E-state index contributed by atoms with van der Waals surface area (Å²) in [5, 5.41) is 13.6. The number of halogens is 1. The molecule has 5 nitrogen and oxygen atoms in total. The second-order valence-electron chi connectivity index (χ2n) is 6.15. The molecule has 1 amide bonds. The number of esters is 1. The Hall–Kier alpha value is -2.75. The Morgan fingerprint density at radius 1 is 1.21 bits per heavy atom. The summed E-state index contributed by atoms with van der Waals surface area (Å²) in [5.41, 5.74) is 2.05. The molecule has 2 atom stereocenters. The van der Waals surface area contributed by atoms with Crippen LogP contribution < -0.4 is 5.32 Å². The van der Waals surface area contributed by atoms with Crippen molar-refractivity contribution in [2.75, 3.05) is 7.11 Å². The second kappa shape index (κ2) is 8.96. The van der Waals surface area contributed by atoms with Gasteiger partial charge in [0.15, 0.2) is 0 Å². The van der Waals surface area contributed by atoms with Gasteiger partial charge in [-0.15, -0.1) is 11.8 Å². The molecule has 142 valence electrons. The van der Waals surface area contributed by atoms with Crippen LogP contribution in [0.1, 0.15) is 17.0 Å². The lowest BCUT2D eigenvalue weighted by Crippen LogP contribution is -2.44. The average molecular weight is 413 g/mol. The fourth-order valence-electron chi connectivity index (χ4n) is 3.08. The number of ether oxygens (including phenoxy) is 1. The van der Waals surface area contributed by atoms with Gasteiger partial charge in [-0.1, -0.05) is 54.1 Å². The van der Waals surface area contributed by atoms with Crippen LogP contribution in [0.15, 0.2) is 65.2 Å². The summed E-state index contributed by atoms with van der Waals surface area (Å²) >= 11 is 7.33. The van der Waals surface area contributed by atoms with Gasteiger partial charge in [-0.25, -0.2) is 0 Å². The number of nitrogens with zero attached hydrogens (tertiary/aromatic N) is 1. The molecule has 0 radical (unpaired) electrons. The van der Waals surface area contributed by atoms with Gasteiger partial charge in [0.1, 0.15) is 5.92 Å². The Kier molecular flexibility index (Phi) is 6.40. The summed E-state index contributed by atoms with van der Waals surface area (Å²) in [5.74, 6) is -2.46. The van der Waals surface area contributed by atoms with E-state index >= 15 is 0 Å². The standard InChI is InChI=1S/C21H17ClN2O3S/c1-27-21(26)18-17(14-7-9-15(22)10-8-14)16(11-23)20(24-19(18)25)28-12-13-5-3-2-4-6-13/h2-10,17-18H,12H2,1H3,(H,24,25)/t17?,18-/m1/s1. The number of rotatable bonds is 5. The number of nitrogens with one attached hydrogen (secondary N) is 1. The molecule has 2 aromatic carbocycles. The molecular formula is C21H17ClN2O3S. The molecule has 0 aromatic heterocycles. The van der Waals surface area contributed by atoms with Gasteiger partial charge in [-0.2, -0.15) is 5.26 Å². The molecule has 1 N–H and O–H groups in total. The molecule has 0 bridgehead atoms. The third-order valence-electron chi connectivity index (χ3n) is 4.44. The number of amides is 1. The SMILES string of the molecule is COC(=O)[C@H]1C(=O)NC(SCc2ccccc2)=C(C#N)C1c1ccc(Cl)cc1. The summed E-state index contributed by atoms with van der Waals surface area (Å²) in [4.78, 5) is 25.1. The van der Waals surface area contributed by atoms with Crippen molar-refractivity contribution in [2.45, 2.75) is 11.7 Å².